The molecule has 0 heterocycles. The number of benzene rings is 2. The minimum absolute atomic E-state index is 0.187. The van der Waals surface area contributed by atoms with E-state index in [1.54, 1.807) is 24.3 Å². The largest absolute Gasteiger partial charge is 0.445 e. The van der Waals surface area contributed by atoms with Crippen molar-refractivity contribution in [2.24, 2.45) is 0 Å². The van der Waals surface area contributed by atoms with Crippen LogP contribution >= 0.6 is 0 Å². The topological polar surface area (TPSA) is 62.1 Å². The summed E-state index contributed by atoms with van der Waals surface area (Å²) in [6.07, 6.45) is -0.460. The molecule has 0 aliphatic heterocycles. The van der Waals surface area contributed by atoms with Gasteiger partial charge in [0.15, 0.2) is 0 Å². The molecule has 2 aromatic carbocycles. The van der Waals surface area contributed by atoms with E-state index in [-0.39, 0.29) is 6.61 Å². The number of alkyl carbamates (subject to hydrolysis) is 1. The van der Waals surface area contributed by atoms with Crippen LogP contribution in [0.2, 0.25) is 0 Å². The highest BCUT2D eigenvalue weighted by Crippen LogP contribution is 2.05. The van der Waals surface area contributed by atoms with Crippen LogP contribution in [0.3, 0.4) is 0 Å². The molecule has 1 amide bonds. The second-order valence-electron chi connectivity index (χ2n) is 4.22. The van der Waals surface area contributed by atoms with Crippen molar-refractivity contribution in [2.45, 2.75) is 13.2 Å². The first kappa shape index (κ1) is 13.6. The number of hydrogen-bond donors (Lipinski definition) is 1. The van der Waals surface area contributed by atoms with Crippen LogP contribution in [0.25, 0.3) is 0 Å². The van der Waals surface area contributed by atoms with Crippen molar-refractivity contribution in [1.29, 1.82) is 5.26 Å². The third kappa shape index (κ3) is 4.14. The van der Waals surface area contributed by atoms with Gasteiger partial charge in [-0.3, -0.25) is 0 Å². The third-order valence-corrected chi connectivity index (χ3v) is 2.73. The van der Waals surface area contributed by atoms with Crippen molar-refractivity contribution in [3.63, 3.8) is 0 Å². The maximum absolute atomic E-state index is 11.5. The Labute approximate surface area is 117 Å². The molecule has 0 fully saturated rings. The number of nitrogens with zero attached hydrogens (tertiary/aromatic N) is 1. The molecule has 2 aromatic rings. The molecule has 100 valence electrons. The van der Waals surface area contributed by atoms with Gasteiger partial charge < -0.3 is 10.1 Å². The Bertz CT molecular complexity index is 601. The minimum Gasteiger partial charge on any atom is -0.445 e. The van der Waals surface area contributed by atoms with Gasteiger partial charge in [-0.2, -0.15) is 5.26 Å². The van der Waals surface area contributed by atoms with E-state index in [9.17, 15) is 4.79 Å². The molecule has 0 saturated heterocycles. The van der Waals surface area contributed by atoms with Gasteiger partial charge in [0.25, 0.3) is 0 Å². The van der Waals surface area contributed by atoms with E-state index in [4.69, 9.17) is 10.00 Å². The Hall–Kier alpha value is -2.80. The highest BCUT2D eigenvalue weighted by Gasteiger charge is 2.02. The first-order valence-electron chi connectivity index (χ1n) is 6.21. The highest BCUT2D eigenvalue weighted by atomic mass is 16.5. The van der Waals surface area contributed by atoms with Crippen LogP contribution in [-0.4, -0.2) is 6.09 Å². The monoisotopic (exact) mass is 266 g/mol. The zero-order chi connectivity index (χ0) is 14.2. The molecule has 0 aromatic heterocycles. The molecule has 20 heavy (non-hydrogen) atoms. The second kappa shape index (κ2) is 6.95. The van der Waals surface area contributed by atoms with Crippen LogP contribution < -0.4 is 5.32 Å². The van der Waals surface area contributed by atoms with Gasteiger partial charge in [-0.15, -0.1) is 0 Å². The van der Waals surface area contributed by atoms with Gasteiger partial charge in [-0.25, -0.2) is 4.79 Å². The fourth-order valence-corrected chi connectivity index (χ4v) is 1.65. The third-order valence-electron chi connectivity index (χ3n) is 2.73. The molecule has 0 unspecified atom stereocenters. The van der Waals surface area contributed by atoms with Gasteiger partial charge in [-0.1, -0.05) is 42.5 Å². The minimum atomic E-state index is -0.460. The molecule has 4 heteroatoms. The lowest BCUT2D eigenvalue weighted by molar-refractivity contribution is 0.139. The SMILES string of the molecule is N#Cc1ccc(COC(=O)NCc2ccccc2)cc1. The summed E-state index contributed by atoms with van der Waals surface area (Å²) < 4.78 is 5.09. The molecule has 0 radical (unpaired) electrons. The molecule has 0 bridgehead atoms. The van der Waals surface area contributed by atoms with Gasteiger partial charge in [0, 0.05) is 6.54 Å². The Morgan fingerprint density at radius 3 is 2.40 bits per heavy atom. The van der Waals surface area contributed by atoms with Crippen LogP contribution in [0.5, 0.6) is 0 Å². The van der Waals surface area contributed by atoms with Gasteiger partial charge in [0.1, 0.15) is 6.61 Å². The first-order valence-corrected chi connectivity index (χ1v) is 6.21. The lowest BCUT2D eigenvalue weighted by atomic mass is 10.2. The summed E-state index contributed by atoms with van der Waals surface area (Å²) in [5.74, 6) is 0. The van der Waals surface area contributed by atoms with Crippen LogP contribution in [0.15, 0.2) is 54.6 Å². The molecule has 2 rings (SSSR count). The number of hydrogen-bond acceptors (Lipinski definition) is 3. The molecular weight excluding hydrogens is 252 g/mol. The number of ether oxygens (including phenoxy) is 1. The van der Waals surface area contributed by atoms with Gasteiger partial charge in [0.05, 0.1) is 11.6 Å². The van der Waals surface area contributed by atoms with E-state index >= 15 is 0 Å². The van der Waals surface area contributed by atoms with E-state index in [0.717, 1.165) is 11.1 Å². The zero-order valence-corrected chi connectivity index (χ0v) is 10.9. The summed E-state index contributed by atoms with van der Waals surface area (Å²) in [5, 5.41) is 11.4. The Morgan fingerprint density at radius 2 is 1.75 bits per heavy atom. The summed E-state index contributed by atoms with van der Waals surface area (Å²) in [5.41, 5.74) is 2.45. The zero-order valence-electron chi connectivity index (χ0n) is 10.9. The molecule has 0 saturated carbocycles. The predicted molar refractivity (Wildman–Crippen MR) is 74.6 cm³/mol. The highest BCUT2D eigenvalue weighted by molar-refractivity contribution is 5.67. The van der Waals surface area contributed by atoms with Crippen LogP contribution in [0, 0.1) is 11.3 Å². The summed E-state index contributed by atoms with van der Waals surface area (Å²) in [6.45, 7) is 0.624. The van der Waals surface area contributed by atoms with Gasteiger partial charge in [-0.05, 0) is 23.3 Å². The summed E-state index contributed by atoms with van der Waals surface area (Å²) in [7, 11) is 0. The average molecular weight is 266 g/mol. The number of nitrogens with one attached hydrogen (secondary N) is 1. The maximum atomic E-state index is 11.5. The molecule has 4 nitrogen and oxygen atoms in total. The summed E-state index contributed by atoms with van der Waals surface area (Å²) in [6, 6.07) is 18.6. The molecule has 0 aliphatic rings. The van der Waals surface area contributed by atoms with Crippen molar-refractivity contribution in [1.82, 2.24) is 5.32 Å². The van der Waals surface area contributed by atoms with Gasteiger partial charge >= 0.3 is 6.09 Å². The Morgan fingerprint density at radius 1 is 1.05 bits per heavy atom. The van der Waals surface area contributed by atoms with E-state index in [1.165, 1.54) is 0 Å². The van der Waals surface area contributed by atoms with Crippen LogP contribution in [-0.2, 0) is 17.9 Å². The average Bonchev–Trinajstić information content (AvgIpc) is 2.52. The maximum Gasteiger partial charge on any atom is 0.407 e. The number of carbonyl (C=O) groups is 1. The van der Waals surface area contributed by atoms with Crippen LogP contribution in [0.4, 0.5) is 4.79 Å². The second-order valence-corrected chi connectivity index (χ2v) is 4.22. The number of carbonyl (C=O) groups excluding carboxylic acids is 1. The van der Waals surface area contributed by atoms with Crippen molar-refractivity contribution in [2.75, 3.05) is 0 Å². The lowest BCUT2D eigenvalue weighted by Crippen LogP contribution is -2.23. The van der Waals surface area contributed by atoms with Crippen molar-refractivity contribution in [3.8, 4) is 6.07 Å². The summed E-state index contributed by atoms with van der Waals surface area (Å²) >= 11 is 0. The van der Waals surface area contributed by atoms with Crippen LogP contribution in [0.1, 0.15) is 16.7 Å². The number of rotatable bonds is 4. The van der Waals surface area contributed by atoms with Crippen molar-refractivity contribution in [3.05, 3.63) is 71.3 Å². The van der Waals surface area contributed by atoms with E-state index in [1.807, 2.05) is 36.4 Å². The first-order chi connectivity index (χ1) is 9.78. The molecule has 1 N–H and O–H groups in total. The lowest BCUT2D eigenvalue weighted by Gasteiger charge is -2.07. The number of nitriles is 1. The van der Waals surface area contributed by atoms with E-state index < -0.39 is 6.09 Å². The van der Waals surface area contributed by atoms with Gasteiger partial charge in [0.2, 0.25) is 0 Å². The van der Waals surface area contributed by atoms with E-state index in [0.29, 0.717) is 12.1 Å². The standard InChI is InChI=1S/C16H14N2O2/c17-10-13-6-8-15(9-7-13)12-20-16(19)18-11-14-4-2-1-3-5-14/h1-9H,11-12H2,(H,18,19). The smallest absolute Gasteiger partial charge is 0.407 e. The Kier molecular flexibility index (Phi) is 4.74. The van der Waals surface area contributed by atoms with E-state index in [2.05, 4.69) is 5.32 Å². The molecule has 0 atom stereocenters. The molecular formula is C16H14N2O2. The Balaban J connectivity index is 1.76. The van der Waals surface area contributed by atoms with Crippen molar-refractivity contribution < 1.29 is 9.53 Å². The molecule has 0 aliphatic carbocycles. The summed E-state index contributed by atoms with van der Waals surface area (Å²) in [4.78, 5) is 11.5. The fraction of sp³-hybridized carbons (Fsp3) is 0.125. The van der Waals surface area contributed by atoms with Crippen molar-refractivity contribution >= 4 is 6.09 Å². The fourth-order valence-electron chi connectivity index (χ4n) is 1.65. The number of amides is 1. The predicted octanol–water partition coefficient (Wildman–Crippen LogP) is 2.98. The quantitative estimate of drug-likeness (QED) is 0.925. The normalized spacial score (nSPS) is 9.55. The molecule has 0 spiro atoms.